The van der Waals surface area contributed by atoms with E-state index in [1.165, 1.54) is 11.0 Å². The maximum atomic E-state index is 14.0. The first kappa shape index (κ1) is 26.0. The lowest BCUT2D eigenvalue weighted by molar-refractivity contribution is -0.116. The maximum absolute atomic E-state index is 14.0. The molecule has 2 N–H and O–H groups in total. The number of anilines is 2. The van der Waals surface area contributed by atoms with Gasteiger partial charge in [0.25, 0.3) is 11.8 Å². The van der Waals surface area contributed by atoms with Crippen molar-refractivity contribution in [1.29, 1.82) is 0 Å². The van der Waals surface area contributed by atoms with Crippen molar-refractivity contribution in [3.63, 3.8) is 0 Å². The first-order valence-electron chi connectivity index (χ1n) is 11.9. The number of hydrogen-bond donors (Lipinski definition) is 2. The number of benzene rings is 3. The van der Waals surface area contributed by atoms with Gasteiger partial charge in [-0.2, -0.15) is 0 Å². The van der Waals surface area contributed by atoms with Crippen molar-refractivity contribution in [2.45, 2.75) is 19.4 Å². The summed E-state index contributed by atoms with van der Waals surface area (Å²) in [7, 11) is 3.46. The van der Waals surface area contributed by atoms with Gasteiger partial charge >= 0.3 is 0 Å². The van der Waals surface area contributed by atoms with Crippen molar-refractivity contribution in [2.24, 2.45) is 0 Å². The zero-order valence-corrected chi connectivity index (χ0v) is 20.8. The van der Waals surface area contributed by atoms with E-state index in [1.54, 1.807) is 31.1 Å². The van der Waals surface area contributed by atoms with E-state index in [-0.39, 0.29) is 29.5 Å². The van der Waals surface area contributed by atoms with E-state index < -0.39 is 23.6 Å². The SMILES string of the molecule is CNCCN(C)C(=O)c1ccc2c(c1)NC(=O)CC(c1ccc(C)cc1)N2C(=O)c1cc(F)cc(F)c1. The highest BCUT2D eigenvalue weighted by molar-refractivity contribution is 6.12. The number of carbonyl (C=O) groups excluding carboxylic acids is 3. The standard InChI is InChI=1S/C28H28F2N4O3/c1-17-4-6-18(7-5-17)25-16-26(35)32-23-14-19(27(36)33(3)11-10-31-2)8-9-24(23)34(25)28(37)20-12-21(29)15-22(30)13-20/h4-9,12-15,25,31H,10-11,16H2,1-3H3,(H,32,35). The van der Waals surface area contributed by atoms with Gasteiger partial charge < -0.3 is 15.5 Å². The number of halogens is 2. The predicted octanol–water partition coefficient (Wildman–Crippen LogP) is 4.29. The van der Waals surface area contributed by atoms with E-state index in [2.05, 4.69) is 10.6 Å². The lowest BCUT2D eigenvalue weighted by Crippen LogP contribution is -2.35. The van der Waals surface area contributed by atoms with Crippen LogP contribution in [0, 0.1) is 18.6 Å². The van der Waals surface area contributed by atoms with Crippen LogP contribution in [0.5, 0.6) is 0 Å². The summed E-state index contributed by atoms with van der Waals surface area (Å²) in [6, 6.07) is 13.9. The average molecular weight is 507 g/mol. The number of nitrogens with one attached hydrogen (secondary N) is 2. The Hall–Kier alpha value is -4.11. The molecule has 3 aromatic carbocycles. The van der Waals surface area contributed by atoms with Crippen LogP contribution in [0.4, 0.5) is 20.2 Å². The topological polar surface area (TPSA) is 81.8 Å². The lowest BCUT2D eigenvalue weighted by atomic mass is 9.98. The molecule has 1 atom stereocenters. The summed E-state index contributed by atoms with van der Waals surface area (Å²) in [5, 5.41) is 5.79. The molecule has 0 aromatic heterocycles. The fourth-order valence-electron chi connectivity index (χ4n) is 4.34. The molecule has 1 unspecified atom stereocenters. The smallest absolute Gasteiger partial charge is 0.259 e. The number of aryl methyl sites for hydroxylation is 1. The Morgan fingerprint density at radius 1 is 1.03 bits per heavy atom. The molecule has 0 saturated carbocycles. The van der Waals surface area contributed by atoms with Gasteiger partial charge in [-0.15, -0.1) is 0 Å². The summed E-state index contributed by atoms with van der Waals surface area (Å²) in [4.78, 5) is 42.7. The minimum absolute atomic E-state index is 0.0906. The van der Waals surface area contributed by atoms with Gasteiger partial charge in [0.1, 0.15) is 11.6 Å². The van der Waals surface area contributed by atoms with Gasteiger partial charge in [0, 0.05) is 37.3 Å². The normalized spacial score (nSPS) is 15.0. The summed E-state index contributed by atoms with van der Waals surface area (Å²) in [6.07, 6.45) is -0.0906. The zero-order chi connectivity index (χ0) is 26.7. The van der Waals surface area contributed by atoms with Gasteiger partial charge in [-0.1, -0.05) is 29.8 Å². The van der Waals surface area contributed by atoms with Crippen molar-refractivity contribution in [3.05, 3.63) is 94.6 Å². The van der Waals surface area contributed by atoms with Crippen LogP contribution in [0.3, 0.4) is 0 Å². The van der Waals surface area contributed by atoms with E-state index in [9.17, 15) is 23.2 Å². The van der Waals surface area contributed by atoms with Gasteiger partial charge in [-0.3, -0.25) is 19.3 Å². The average Bonchev–Trinajstić information content (AvgIpc) is 3.01. The van der Waals surface area contributed by atoms with Gasteiger partial charge in [0.15, 0.2) is 0 Å². The van der Waals surface area contributed by atoms with Gasteiger partial charge in [0.2, 0.25) is 5.91 Å². The summed E-state index contributed by atoms with van der Waals surface area (Å²) in [5.41, 5.74) is 2.40. The molecule has 192 valence electrons. The van der Waals surface area contributed by atoms with Crippen LogP contribution in [-0.4, -0.2) is 49.8 Å². The molecule has 4 rings (SSSR count). The molecule has 1 heterocycles. The van der Waals surface area contributed by atoms with E-state index >= 15 is 0 Å². The molecule has 0 spiro atoms. The largest absolute Gasteiger partial charge is 0.340 e. The molecule has 0 radical (unpaired) electrons. The van der Waals surface area contributed by atoms with Crippen molar-refractivity contribution in [2.75, 3.05) is 37.4 Å². The Balaban J connectivity index is 1.83. The summed E-state index contributed by atoms with van der Waals surface area (Å²) < 4.78 is 28.1. The number of nitrogens with zero attached hydrogens (tertiary/aromatic N) is 2. The zero-order valence-electron chi connectivity index (χ0n) is 20.8. The molecular weight excluding hydrogens is 478 g/mol. The number of likely N-dealkylation sites (N-methyl/N-ethyl adjacent to an activating group) is 2. The molecular formula is C28H28F2N4O3. The fraction of sp³-hybridized carbons (Fsp3) is 0.250. The molecule has 0 saturated heterocycles. The Bertz CT molecular complexity index is 1320. The van der Waals surface area contributed by atoms with E-state index in [1.807, 2.05) is 31.2 Å². The number of fused-ring (bicyclic) bond motifs is 1. The molecule has 0 bridgehead atoms. The fourth-order valence-corrected chi connectivity index (χ4v) is 4.34. The van der Waals surface area contributed by atoms with Crippen LogP contribution in [0.1, 0.15) is 44.3 Å². The highest BCUT2D eigenvalue weighted by Gasteiger charge is 2.35. The molecule has 0 fully saturated rings. The maximum Gasteiger partial charge on any atom is 0.259 e. The Morgan fingerprint density at radius 3 is 2.35 bits per heavy atom. The van der Waals surface area contributed by atoms with Crippen LogP contribution in [0.15, 0.2) is 60.7 Å². The van der Waals surface area contributed by atoms with Crippen LogP contribution < -0.4 is 15.5 Å². The van der Waals surface area contributed by atoms with E-state index in [4.69, 9.17) is 0 Å². The molecule has 3 aromatic rings. The summed E-state index contributed by atoms with van der Waals surface area (Å²) in [5.74, 6) is -3.06. The van der Waals surface area contributed by atoms with Gasteiger partial charge in [-0.25, -0.2) is 8.78 Å². The first-order chi connectivity index (χ1) is 17.7. The molecule has 7 nitrogen and oxygen atoms in total. The minimum Gasteiger partial charge on any atom is -0.340 e. The second-order valence-electron chi connectivity index (χ2n) is 9.07. The third kappa shape index (κ3) is 5.67. The molecule has 37 heavy (non-hydrogen) atoms. The second kappa shape index (κ2) is 10.9. The molecule has 1 aliphatic heterocycles. The summed E-state index contributed by atoms with van der Waals surface area (Å²) >= 11 is 0. The predicted molar refractivity (Wildman–Crippen MR) is 138 cm³/mol. The Morgan fingerprint density at radius 2 is 1.70 bits per heavy atom. The van der Waals surface area contributed by atoms with E-state index in [0.717, 1.165) is 17.7 Å². The second-order valence-corrected chi connectivity index (χ2v) is 9.07. The quantitative estimate of drug-likeness (QED) is 0.523. The van der Waals surface area contributed by atoms with Crippen molar-refractivity contribution in [1.82, 2.24) is 10.2 Å². The molecule has 9 heteroatoms. The minimum atomic E-state index is -0.884. The number of amides is 3. The number of rotatable bonds is 6. The number of hydrogen-bond acceptors (Lipinski definition) is 4. The highest BCUT2D eigenvalue weighted by atomic mass is 19.1. The molecule has 1 aliphatic rings. The monoisotopic (exact) mass is 506 g/mol. The Labute approximate surface area is 214 Å². The highest BCUT2D eigenvalue weighted by Crippen LogP contribution is 2.40. The Kier molecular flexibility index (Phi) is 7.63. The van der Waals surface area contributed by atoms with Crippen LogP contribution in [0.2, 0.25) is 0 Å². The lowest BCUT2D eigenvalue weighted by Gasteiger charge is -2.31. The van der Waals surface area contributed by atoms with E-state index in [0.29, 0.717) is 36.0 Å². The van der Waals surface area contributed by atoms with Crippen molar-refractivity contribution < 1.29 is 23.2 Å². The number of carbonyl (C=O) groups is 3. The van der Waals surface area contributed by atoms with Crippen LogP contribution in [0.25, 0.3) is 0 Å². The van der Waals surface area contributed by atoms with Gasteiger partial charge in [0.05, 0.1) is 23.8 Å². The van der Waals surface area contributed by atoms with Crippen LogP contribution >= 0.6 is 0 Å². The molecule has 0 aliphatic carbocycles. The van der Waals surface area contributed by atoms with Crippen molar-refractivity contribution in [3.8, 4) is 0 Å². The molecule has 3 amide bonds. The third-order valence-electron chi connectivity index (χ3n) is 6.30. The van der Waals surface area contributed by atoms with Crippen LogP contribution in [-0.2, 0) is 4.79 Å². The summed E-state index contributed by atoms with van der Waals surface area (Å²) in [6.45, 7) is 3.00. The third-order valence-corrected chi connectivity index (χ3v) is 6.30. The van der Waals surface area contributed by atoms with Crippen molar-refractivity contribution >= 4 is 29.1 Å². The van der Waals surface area contributed by atoms with Gasteiger partial charge in [-0.05, 0) is 49.9 Å². The first-order valence-corrected chi connectivity index (χ1v) is 11.9.